The summed E-state index contributed by atoms with van der Waals surface area (Å²) in [6, 6.07) is 15.2. The lowest BCUT2D eigenvalue weighted by Gasteiger charge is -2.18. The third kappa shape index (κ3) is 5.90. The highest BCUT2D eigenvalue weighted by Crippen LogP contribution is 2.21. The van der Waals surface area contributed by atoms with Crippen molar-refractivity contribution in [3.8, 4) is 0 Å². The molecular weight excluding hydrogens is 404 g/mol. The van der Waals surface area contributed by atoms with E-state index in [1.54, 1.807) is 13.8 Å². The van der Waals surface area contributed by atoms with Gasteiger partial charge in [0.15, 0.2) is 6.61 Å². The minimum atomic E-state index is -3.56. The van der Waals surface area contributed by atoms with E-state index in [-0.39, 0.29) is 4.90 Å². The largest absolute Gasteiger partial charge is 0.455 e. The van der Waals surface area contributed by atoms with E-state index in [2.05, 4.69) is 5.32 Å². The molecule has 0 fully saturated rings. The monoisotopic (exact) mass is 432 g/mol. The summed E-state index contributed by atoms with van der Waals surface area (Å²) < 4.78 is 31.5. The molecule has 1 amide bonds. The van der Waals surface area contributed by atoms with Crippen LogP contribution in [0.4, 0.5) is 5.69 Å². The Bertz CT molecular complexity index is 939. The molecule has 2 aromatic carbocycles. The number of hydrogen-bond acceptors (Lipinski definition) is 5. The molecule has 0 aliphatic heterocycles. The highest BCUT2D eigenvalue weighted by atomic mass is 32.2. The van der Waals surface area contributed by atoms with Crippen molar-refractivity contribution in [1.29, 1.82) is 0 Å². The first-order chi connectivity index (χ1) is 14.3. The molecule has 0 bridgehead atoms. The number of carbonyl (C=O) groups is 2. The van der Waals surface area contributed by atoms with Crippen LogP contribution in [0.25, 0.3) is 0 Å². The number of ether oxygens (including phenoxy) is 1. The maximum Gasteiger partial charge on any atom is 0.313 e. The molecule has 162 valence electrons. The highest BCUT2D eigenvalue weighted by Gasteiger charge is 2.22. The van der Waals surface area contributed by atoms with Crippen LogP contribution < -0.4 is 5.32 Å². The van der Waals surface area contributed by atoms with Gasteiger partial charge in [-0.05, 0) is 36.2 Å². The summed E-state index contributed by atoms with van der Waals surface area (Å²) in [6.07, 6.45) is 0.562. The highest BCUT2D eigenvalue weighted by molar-refractivity contribution is 7.89. The second kappa shape index (κ2) is 10.9. The van der Waals surface area contributed by atoms with Crippen molar-refractivity contribution in [1.82, 2.24) is 4.31 Å². The van der Waals surface area contributed by atoms with Crippen LogP contribution in [0, 0.1) is 0 Å². The summed E-state index contributed by atoms with van der Waals surface area (Å²) >= 11 is 0. The summed E-state index contributed by atoms with van der Waals surface area (Å²) in [7, 11) is -3.56. The van der Waals surface area contributed by atoms with Crippen LogP contribution in [-0.2, 0) is 24.3 Å². The van der Waals surface area contributed by atoms with Crippen molar-refractivity contribution in [2.75, 3.05) is 25.0 Å². The third-order valence-corrected chi connectivity index (χ3v) is 6.79. The Morgan fingerprint density at radius 3 is 2.10 bits per heavy atom. The predicted molar refractivity (Wildman–Crippen MR) is 116 cm³/mol. The van der Waals surface area contributed by atoms with Crippen LogP contribution in [0.2, 0.25) is 0 Å². The van der Waals surface area contributed by atoms with Gasteiger partial charge in [0.25, 0.3) is 5.91 Å². The summed E-state index contributed by atoms with van der Waals surface area (Å²) in [5.74, 6) is -1.38. The van der Waals surface area contributed by atoms with Crippen LogP contribution >= 0.6 is 0 Å². The zero-order valence-electron chi connectivity index (χ0n) is 17.5. The van der Waals surface area contributed by atoms with Crippen LogP contribution in [0.1, 0.15) is 38.7 Å². The number of esters is 1. The number of rotatable bonds is 10. The van der Waals surface area contributed by atoms with Gasteiger partial charge >= 0.3 is 5.97 Å². The van der Waals surface area contributed by atoms with Gasteiger partial charge in [-0.3, -0.25) is 9.59 Å². The SMILES string of the molecule is CC[C@H](C(=O)OCC(=O)Nc1ccc(S(=O)(=O)N(CC)CC)cc1)c1ccccc1. The normalized spacial score (nSPS) is 12.4. The smallest absolute Gasteiger partial charge is 0.313 e. The molecule has 2 rings (SSSR count). The predicted octanol–water partition coefficient (Wildman–Crippen LogP) is 3.39. The van der Waals surface area contributed by atoms with Crippen molar-refractivity contribution in [2.24, 2.45) is 0 Å². The molecule has 1 N–H and O–H groups in total. The summed E-state index contributed by atoms with van der Waals surface area (Å²) in [4.78, 5) is 24.6. The van der Waals surface area contributed by atoms with E-state index in [0.717, 1.165) is 5.56 Å². The zero-order chi connectivity index (χ0) is 22.1. The fourth-order valence-corrected chi connectivity index (χ4v) is 4.54. The van der Waals surface area contributed by atoms with Crippen molar-refractivity contribution in [3.05, 3.63) is 60.2 Å². The number of nitrogens with one attached hydrogen (secondary N) is 1. The molecule has 0 saturated heterocycles. The maximum absolute atomic E-state index is 12.5. The fraction of sp³-hybridized carbons (Fsp3) is 0.364. The molecule has 7 nitrogen and oxygen atoms in total. The van der Waals surface area contributed by atoms with E-state index in [9.17, 15) is 18.0 Å². The molecule has 8 heteroatoms. The van der Waals surface area contributed by atoms with Crippen molar-refractivity contribution >= 4 is 27.6 Å². The molecule has 0 saturated carbocycles. The molecule has 0 aromatic heterocycles. The Balaban J connectivity index is 1.94. The molecule has 30 heavy (non-hydrogen) atoms. The number of anilines is 1. The molecule has 0 heterocycles. The minimum absolute atomic E-state index is 0.157. The number of hydrogen-bond donors (Lipinski definition) is 1. The van der Waals surface area contributed by atoms with Gasteiger partial charge in [-0.25, -0.2) is 8.42 Å². The Hall–Kier alpha value is -2.71. The lowest BCUT2D eigenvalue weighted by molar-refractivity contribution is -0.149. The molecule has 0 spiro atoms. The molecular formula is C22H28N2O5S. The number of sulfonamides is 1. The van der Waals surface area contributed by atoms with Crippen LogP contribution in [0.15, 0.2) is 59.5 Å². The molecule has 2 aromatic rings. The first kappa shape index (κ1) is 23.6. The third-order valence-electron chi connectivity index (χ3n) is 4.72. The Kier molecular flexibility index (Phi) is 8.56. The Labute approximate surface area is 178 Å². The van der Waals surface area contributed by atoms with E-state index in [0.29, 0.717) is 25.2 Å². The fourth-order valence-electron chi connectivity index (χ4n) is 3.08. The lowest BCUT2D eigenvalue weighted by Crippen LogP contribution is -2.30. The maximum atomic E-state index is 12.5. The second-order valence-corrected chi connectivity index (χ2v) is 8.58. The van der Waals surface area contributed by atoms with Gasteiger partial charge in [-0.15, -0.1) is 0 Å². The van der Waals surface area contributed by atoms with Crippen LogP contribution in [-0.4, -0.2) is 44.3 Å². The van der Waals surface area contributed by atoms with Gasteiger partial charge in [0, 0.05) is 18.8 Å². The van der Waals surface area contributed by atoms with Gasteiger partial charge in [-0.2, -0.15) is 4.31 Å². The molecule has 0 unspecified atom stereocenters. The van der Waals surface area contributed by atoms with Crippen LogP contribution in [0.5, 0.6) is 0 Å². The summed E-state index contributed by atoms with van der Waals surface area (Å²) in [6.45, 7) is 5.78. The second-order valence-electron chi connectivity index (χ2n) is 6.64. The van der Waals surface area contributed by atoms with Gasteiger partial charge in [0.1, 0.15) is 0 Å². The van der Waals surface area contributed by atoms with Gasteiger partial charge in [-0.1, -0.05) is 51.1 Å². The van der Waals surface area contributed by atoms with Crippen molar-refractivity contribution in [3.63, 3.8) is 0 Å². The van der Waals surface area contributed by atoms with E-state index >= 15 is 0 Å². The Morgan fingerprint density at radius 2 is 1.57 bits per heavy atom. The van der Waals surface area contributed by atoms with Crippen molar-refractivity contribution in [2.45, 2.75) is 38.0 Å². The summed E-state index contributed by atoms with van der Waals surface area (Å²) in [5, 5.41) is 2.61. The van der Waals surface area contributed by atoms with E-state index in [1.807, 2.05) is 37.3 Å². The summed E-state index contributed by atoms with van der Waals surface area (Å²) in [5.41, 5.74) is 1.26. The molecule has 0 radical (unpaired) electrons. The van der Waals surface area contributed by atoms with E-state index in [1.165, 1.54) is 28.6 Å². The topological polar surface area (TPSA) is 92.8 Å². The number of amides is 1. The van der Waals surface area contributed by atoms with E-state index in [4.69, 9.17) is 4.74 Å². The number of carbonyl (C=O) groups excluding carboxylic acids is 2. The molecule has 0 aliphatic carbocycles. The first-order valence-corrected chi connectivity index (χ1v) is 11.4. The first-order valence-electron chi connectivity index (χ1n) is 9.95. The molecule has 0 aliphatic rings. The van der Waals surface area contributed by atoms with E-state index < -0.39 is 34.4 Å². The average Bonchev–Trinajstić information content (AvgIpc) is 2.74. The Morgan fingerprint density at radius 1 is 0.967 bits per heavy atom. The molecule has 1 atom stereocenters. The lowest BCUT2D eigenvalue weighted by atomic mass is 9.97. The minimum Gasteiger partial charge on any atom is -0.455 e. The van der Waals surface area contributed by atoms with Crippen LogP contribution in [0.3, 0.4) is 0 Å². The quantitative estimate of drug-likeness (QED) is 0.581. The average molecular weight is 433 g/mol. The zero-order valence-corrected chi connectivity index (χ0v) is 18.3. The number of benzene rings is 2. The standard InChI is InChI=1S/C22H28N2O5S/c1-4-20(17-10-8-7-9-11-17)22(26)29-16-21(25)23-18-12-14-19(15-13-18)30(27,28)24(5-2)6-3/h7-15,20H,4-6,16H2,1-3H3,(H,23,25)/t20-/m0/s1. The van der Waals surface area contributed by atoms with Gasteiger partial charge < -0.3 is 10.1 Å². The number of nitrogens with zero attached hydrogens (tertiary/aromatic N) is 1. The van der Waals surface area contributed by atoms with Crippen molar-refractivity contribution < 1.29 is 22.7 Å². The van der Waals surface area contributed by atoms with Gasteiger partial charge in [0.2, 0.25) is 10.0 Å². The van der Waals surface area contributed by atoms with Gasteiger partial charge in [0.05, 0.1) is 10.8 Å².